The summed E-state index contributed by atoms with van der Waals surface area (Å²) >= 11 is 0. The van der Waals surface area contributed by atoms with E-state index in [-0.39, 0.29) is 11.1 Å². The van der Waals surface area contributed by atoms with Gasteiger partial charge in [-0.1, -0.05) is 30.3 Å². The van der Waals surface area contributed by atoms with E-state index >= 15 is 0 Å². The van der Waals surface area contributed by atoms with Crippen LogP contribution in [-0.4, -0.2) is 22.7 Å². The first-order valence-electron chi connectivity index (χ1n) is 5.44. The number of esters is 2. The molecule has 0 radical (unpaired) electrons. The molecule has 0 fully saturated rings. The van der Waals surface area contributed by atoms with Gasteiger partial charge in [-0.05, 0) is 12.1 Å². The molecule has 0 aliphatic heterocycles. The van der Waals surface area contributed by atoms with Crippen molar-refractivity contribution < 1.29 is 19.1 Å². The summed E-state index contributed by atoms with van der Waals surface area (Å²) in [5.41, 5.74) is 0.281. The first kappa shape index (κ1) is 12.6. The molecular weight excluding hydrogens is 246 g/mol. The zero-order valence-electron chi connectivity index (χ0n) is 9.78. The Kier molecular flexibility index (Phi) is 3.78. The first-order valence-corrected chi connectivity index (χ1v) is 5.44. The predicted octanol–water partition coefficient (Wildman–Crippen LogP) is 1.65. The number of ketones is 1. The van der Waals surface area contributed by atoms with Gasteiger partial charge in [0.25, 0.3) is 5.78 Å². The van der Waals surface area contributed by atoms with Crippen molar-refractivity contribution in [2.75, 3.05) is 0 Å². The van der Waals surface area contributed by atoms with E-state index in [9.17, 15) is 14.4 Å². The van der Waals surface area contributed by atoms with Crippen LogP contribution in [0.4, 0.5) is 0 Å². The summed E-state index contributed by atoms with van der Waals surface area (Å²) in [5.74, 6) is -2.97. The molecule has 0 aliphatic carbocycles. The number of ether oxygens (including phenoxy) is 1. The molecule has 0 N–H and O–H groups in total. The molecule has 94 valence electrons. The third-order valence-corrected chi connectivity index (χ3v) is 2.30. The number of pyridine rings is 1. The minimum atomic E-state index is -1.21. The van der Waals surface area contributed by atoms with Gasteiger partial charge in [0.05, 0.1) is 5.56 Å². The van der Waals surface area contributed by atoms with Crippen molar-refractivity contribution in [3.63, 3.8) is 0 Å². The third-order valence-electron chi connectivity index (χ3n) is 2.30. The van der Waals surface area contributed by atoms with E-state index in [0.717, 1.165) is 0 Å². The molecular formula is C14H9NO4. The molecule has 1 aromatic carbocycles. The zero-order valence-corrected chi connectivity index (χ0v) is 9.78. The van der Waals surface area contributed by atoms with Crippen LogP contribution in [0.1, 0.15) is 20.7 Å². The summed E-state index contributed by atoms with van der Waals surface area (Å²) in [4.78, 5) is 38.5. The summed E-state index contributed by atoms with van der Waals surface area (Å²) in [6.45, 7) is 0. The maximum absolute atomic E-state index is 11.7. The number of hydrogen-bond acceptors (Lipinski definition) is 5. The van der Waals surface area contributed by atoms with Crippen LogP contribution in [0.3, 0.4) is 0 Å². The highest BCUT2D eigenvalue weighted by atomic mass is 16.6. The van der Waals surface area contributed by atoms with E-state index in [2.05, 4.69) is 9.72 Å². The fourth-order valence-corrected chi connectivity index (χ4v) is 1.38. The van der Waals surface area contributed by atoms with Gasteiger partial charge in [-0.2, -0.15) is 0 Å². The molecule has 2 rings (SSSR count). The number of carbonyl (C=O) groups is 3. The highest BCUT2D eigenvalue weighted by Gasteiger charge is 2.21. The fourth-order valence-electron chi connectivity index (χ4n) is 1.38. The Morgan fingerprint density at radius 3 is 2.21 bits per heavy atom. The van der Waals surface area contributed by atoms with E-state index in [1.807, 2.05) is 0 Å². The highest BCUT2D eigenvalue weighted by Crippen LogP contribution is 2.04. The maximum Gasteiger partial charge on any atom is 0.387 e. The molecule has 19 heavy (non-hydrogen) atoms. The van der Waals surface area contributed by atoms with Crippen molar-refractivity contribution in [3.8, 4) is 0 Å². The SMILES string of the molecule is O=C(OC(=O)c1cccnc1)C(=O)c1ccccc1. The van der Waals surface area contributed by atoms with Crippen molar-refractivity contribution in [2.45, 2.75) is 0 Å². The van der Waals surface area contributed by atoms with E-state index < -0.39 is 17.7 Å². The van der Waals surface area contributed by atoms with Crippen molar-refractivity contribution >= 4 is 17.7 Å². The lowest BCUT2D eigenvalue weighted by atomic mass is 10.1. The van der Waals surface area contributed by atoms with Gasteiger partial charge in [-0.25, -0.2) is 9.59 Å². The molecule has 0 saturated carbocycles. The van der Waals surface area contributed by atoms with Crippen molar-refractivity contribution in [3.05, 3.63) is 66.0 Å². The number of rotatable bonds is 3. The van der Waals surface area contributed by atoms with E-state index in [1.165, 1.54) is 36.7 Å². The lowest BCUT2D eigenvalue weighted by Gasteiger charge is -2.01. The standard InChI is InChI=1S/C14H9NO4/c16-12(10-5-2-1-3-6-10)14(18)19-13(17)11-7-4-8-15-9-11/h1-9H. The highest BCUT2D eigenvalue weighted by molar-refractivity contribution is 6.42. The molecule has 5 heteroatoms. The van der Waals surface area contributed by atoms with E-state index in [1.54, 1.807) is 18.2 Å². The van der Waals surface area contributed by atoms with Crippen LogP contribution < -0.4 is 0 Å². The summed E-state index contributed by atoms with van der Waals surface area (Å²) < 4.78 is 4.49. The summed E-state index contributed by atoms with van der Waals surface area (Å²) in [6, 6.07) is 10.8. The van der Waals surface area contributed by atoms with Gasteiger partial charge in [0.1, 0.15) is 0 Å². The number of Topliss-reactive ketones (excluding diaryl/α,β-unsaturated/α-hetero) is 1. The number of carbonyl (C=O) groups excluding carboxylic acids is 3. The predicted molar refractivity (Wildman–Crippen MR) is 65.4 cm³/mol. The Bertz CT molecular complexity index is 608. The average molecular weight is 255 g/mol. The zero-order chi connectivity index (χ0) is 13.7. The fraction of sp³-hybridized carbons (Fsp3) is 0. The number of benzene rings is 1. The van der Waals surface area contributed by atoms with Gasteiger partial charge in [0.2, 0.25) is 0 Å². The second-order valence-electron chi connectivity index (χ2n) is 3.61. The number of nitrogens with zero attached hydrogens (tertiary/aromatic N) is 1. The molecule has 0 amide bonds. The van der Waals surface area contributed by atoms with Gasteiger partial charge in [-0.15, -0.1) is 0 Å². The van der Waals surface area contributed by atoms with Crippen molar-refractivity contribution in [1.82, 2.24) is 4.98 Å². The Labute approximate surface area is 108 Å². The van der Waals surface area contributed by atoms with Crippen LogP contribution in [0.2, 0.25) is 0 Å². The van der Waals surface area contributed by atoms with E-state index in [4.69, 9.17) is 0 Å². The molecule has 0 bridgehead atoms. The Hall–Kier alpha value is -2.82. The minimum Gasteiger partial charge on any atom is -0.383 e. The largest absolute Gasteiger partial charge is 0.387 e. The molecule has 0 unspecified atom stereocenters. The molecule has 1 heterocycles. The number of aromatic nitrogens is 1. The van der Waals surface area contributed by atoms with Crippen LogP contribution >= 0.6 is 0 Å². The third kappa shape index (κ3) is 3.10. The monoisotopic (exact) mass is 255 g/mol. The summed E-state index contributed by atoms with van der Waals surface area (Å²) in [6.07, 6.45) is 2.73. The van der Waals surface area contributed by atoms with Crippen molar-refractivity contribution in [1.29, 1.82) is 0 Å². The van der Waals surface area contributed by atoms with Crippen molar-refractivity contribution in [2.24, 2.45) is 0 Å². The molecule has 0 aliphatic rings. The van der Waals surface area contributed by atoms with Crippen LogP contribution in [0.5, 0.6) is 0 Å². The number of hydrogen-bond donors (Lipinski definition) is 0. The van der Waals surface area contributed by atoms with Crippen LogP contribution in [0.15, 0.2) is 54.9 Å². The maximum atomic E-state index is 11.7. The molecule has 1 aromatic heterocycles. The second-order valence-corrected chi connectivity index (χ2v) is 3.61. The summed E-state index contributed by atoms with van der Waals surface area (Å²) in [7, 11) is 0. The molecule has 0 saturated heterocycles. The van der Waals surface area contributed by atoms with Gasteiger partial charge in [0.15, 0.2) is 0 Å². The average Bonchev–Trinajstić information content (AvgIpc) is 2.48. The Morgan fingerprint density at radius 2 is 1.58 bits per heavy atom. The van der Waals surface area contributed by atoms with Crippen LogP contribution in [0, 0.1) is 0 Å². The smallest absolute Gasteiger partial charge is 0.383 e. The lowest BCUT2D eigenvalue weighted by Crippen LogP contribution is -2.21. The normalized spacial score (nSPS) is 9.68. The van der Waals surface area contributed by atoms with Gasteiger partial charge < -0.3 is 4.74 Å². The van der Waals surface area contributed by atoms with Gasteiger partial charge in [-0.3, -0.25) is 9.78 Å². The van der Waals surface area contributed by atoms with Crippen LogP contribution in [-0.2, 0) is 9.53 Å². The molecule has 0 atom stereocenters. The Balaban J connectivity index is 2.06. The quantitative estimate of drug-likeness (QED) is 0.361. The van der Waals surface area contributed by atoms with E-state index in [0.29, 0.717) is 0 Å². The minimum absolute atomic E-state index is 0.108. The first-order chi connectivity index (χ1) is 9.18. The Morgan fingerprint density at radius 1 is 0.895 bits per heavy atom. The molecule has 2 aromatic rings. The molecule has 0 spiro atoms. The topological polar surface area (TPSA) is 73.3 Å². The van der Waals surface area contributed by atoms with Gasteiger partial charge in [0, 0.05) is 18.0 Å². The summed E-state index contributed by atoms with van der Waals surface area (Å²) in [5, 5.41) is 0. The van der Waals surface area contributed by atoms with Gasteiger partial charge >= 0.3 is 11.9 Å². The molecule has 5 nitrogen and oxygen atoms in total. The van der Waals surface area contributed by atoms with Crippen LogP contribution in [0.25, 0.3) is 0 Å². The second kappa shape index (κ2) is 5.68. The lowest BCUT2D eigenvalue weighted by molar-refractivity contribution is -0.132.